The molecular weight excluding hydrogens is 420 g/mol. The molecule has 30 heavy (non-hydrogen) atoms. The Hall–Kier alpha value is -2.45. The summed E-state index contributed by atoms with van der Waals surface area (Å²) < 4.78 is 5.43. The van der Waals surface area contributed by atoms with Crippen LogP contribution in [0.15, 0.2) is 58.3 Å². The molecule has 0 bridgehead atoms. The molecule has 2 saturated heterocycles. The van der Waals surface area contributed by atoms with Gasteiger partial charge in [-0.3, -0.25) is 14.5 Å². The van der Waals surface area contributed by atoms with Crippen LogP contribution in [0, 0.1) is 0 Å². The number of carbonyl (C=O) groups is 3. The van der Waals surface area contributed by atoms with Crippen molar-refractivity contribution >= 4 is 52.7 Å². The van der Waals surface area contributed by atoms with Gasteiger partial charge >= 0.3 is 5.97 Å². The molecule has 0 spiro atoms. The molecule has 6 nitrogen and oxygen atoms in total. The van der Waals surface area contributed by atoms with E-state index in [9.17, 15) is 14.4 Å². The van der Waals surface area contributed by atoms with Gasteiger partial charge in [-0.25, -0.2) is 4.79 Å². The van der Waals surface area contributed by atoms with Crippen molar-refractivity contribution in [2.75, 3.05) is 17.3 Å². The highest BCUT2D eigenvalue weighted by Crippen LogP contribution is 2.49. The van der Waals surface area contributed by atoms with Gasteiger partial charge in [-0.1, -0.05) is 36.0 Å². The number of nitrogens with zero attached hydrogens (tertiary/aromatic N) is 2. The van der Waals surface area contributed by atoms with Gasteiger partial charge in [-0.15, -0.1) is 11.8 Å². The lowest BCUT2D eigenvalue weighted by atomic mass is 10.2. The van der Waals surface area contributed by atoms with Crippen LogP contribution < -0.4 is 4.90 Å². The Balaban J connectivity index is 1.34. The lowest BCUT2D eigenvalue weighted by Crippen LogP contribution is -2.47. The Bertz CT molecular complexity index is 1010. The number of fused-ring (bicyclic) bond motifs is 3. The van der Waals surface area contributed by atoms with Crippen molar-refractivity contribution in [3.05, 3.63) is 48.5 Å². The smallest absolute Gasteiger partial charge is 0.330 e. The number of thioether (sulfide) groups is 1. The highest BCUT2D eigenvalue weighted by Gasteiger charge is 2.53. The minimum atomic E-state index is -0.626. The van der Waals surface area contributed by atoms with Crippen LogP contribution in [0.4, 0.5) is 11.4 Å². The number of esters is 1. The maximum absolute atomic E-state index is 13.2. The summed E-state index contributed by atoms with van der Waals surface area (Å²) in [5, 5.41) is 0. The molecule has 0 aliphatic carbocycles. The normalized spacial score (nSPS) is 24.3. The second kappa shape index (κ2) is 7.35. The first-order valence-corrected chi connectivity index (χ1v) is 11.6. The van der Waals surface area contributed by atoms with Gasteiger partial charge in [0.1, 0.15) is 6.04 Å². The number of hydrogen-bond donors (Lipinski definition) is 0. The van der Waals surface area contributed by atoms with Crippen molar-refractivity contribution in [1.82, 2.24) is 4.90 Å². The topological polar surface area (TPSA) is 66.9 Å². The largest absolute Gasteiger partial charge is 0.454 e. The second-order valence-electron chi connectivity index (χ2n) is 7.64. The monoisotopic (exact) mass is 440 g/mol. The predicted molar refractivity (Wildman–Crippen MR) is 116 cm³/mol. The minimum Gasteiger partial charge on any atom is -0.454 e. The number of para-hydroxylation sites is 2. The second-order valence-corrected chi connectivity index (χ2v) is 10.2. The SMILES string of the molecule is C[C@]12CCC(=O)N1[C@@H](C(=O)OCC(=O)N1c3ccccc3Sc3ccccc31)CS2. The summed E-state index contributed by atoms with van der Waals surface area (Å²) in [6, 6.07) is 14.7. The van der Waals surface area contributed by atoms with E-state index < -0.39 is 12.0 Å². The number of benzene rings is 2. The first-order valence-electron chi connectivity index (χ1n) is 9.79. The summed E-state index contributed by atoms with van der Waals surface area (Å²) in [5.74, 6) is -0.347. The summed E-state index contributed by atoms with van der Waals surface area (Å²) in [6.07, 6.45) is 1.18. The van der Waals surface area contributed by atoms with E-state index >= 15 is 0 Å². The molecule has 154 valence electrons. The zero-order chi connectivity index (χ0) is 20.9. The summed E-state index contributed by atoms with van der Waals surface area (Å²) in [4.78, 5) is 43.0. The van der Waals surface area contributed by atoms with E-state index in [-0.39, 0.29) is 23.3 Å². The molecular formula is C22H20N2O4S2. The van der Waals surface area contributed by atoms with Crippen molar-refractivity contribution in [3.63, 3.8) is 0 Å². The summed E-state index contributed by atoms with van der Waals surface area (Å²) in [7, 11) is 0. The molecule has 8 heteroatoms. The molecule has 0 unspecified atom stereocenters. The molecule has 2 fully saturated rings. The van der Waals surface area contributed by atoms with Crippen LogP contribution in [0.5, 0.6) is 0 Å². The zero-order valence-corrected chi connectivity index (χ0v) is 18.0. The van der Waals surface area contributed by atoms with Crippen molar-refractivity contribution in [2.45, 2.75) is 40.5 Å². The van der Waals surface area contributed by atoms with Crippen LogP contribution >= 0.6 is 23.5 Å². The maximum atomic E-state index is 13.2. The van der Waals surface area contributed by atoms with Crippen molar-refractivity contribution in [2.24, 2.45) is 0 Å². The maximum Gasteiger partial charge on any atom is 0.330 e. The standard InChI is InChI=1S/C22H20N2O4S2/c1-22-11-10-19(25)24(22)16(13-29-22)21(27)28-12-20(26)23-14-6-2-4-8-17(14)30-18-9-5-3-7-15(18)23/h2-9,16H,10-13H2,1H3/t16-,22+/m1/s1. The van der Waals surface area contributed by atoms with Gasteiger partial charge in [-0.2, -0.15) is 0 Å². The van der Waals surface area contributed by atoms with E-state index in [0.29, 0.717) is 12.2 Å². The Morgan fingerprint density at radius 3 is 2.40 bits per heavy atom. The highest BCUT2D eigenvalue weighted by atomic mass is 32.2. The molecule has 0 aromatic heterocycles. The average molecular weight is 441 g/mol. The molecule has 0 radical (unpaired) electrons. The zero-order valence-electron chi connectivity index (χ0n) is 16.4. The van der Waals surface area contributed by atoms with Crippen molar-refractivity contribution < 1.29 is 19.1 Å². The average Bonchev–Trinajstić information content (AvgIpc) is 3.25. The van der Waals surface area contributed by atoms with Gasteiger partial charge in [0.15, 0.2) is 6.61 Å². The summed E-state index contributed by atoms with van der Waals surface area (Å²) in [6.45, 7) is 1.62. The summed E-state index contributed by atoms with van der Waals surface area (Å²) >= 11 is 3.22. The number of anilines is 2. The van der Waals surface area contributed by atoms with Crippen LogP contribution in [-0.2, 0) is 19.1 Å². The van der Waals surface area contributed by atoms with E-state index in [0.717, 1.165) is 27.6 Å². The molecule has 5 rings (SSSR count). The van der Waals surface area contributed by atoms with Crippen LogP contribution in [0.2, 0.25) is 0 Å². The number of amides is 2. The fraction of sp³-hybridized carbons (Fsp3) is 0.318. The van der Waals surface area contributed by atoms with Gasteiger partial charge in [0.25, 0.3) is 5.91 Å². The fourth-order valence-corrected chi connectivity index (χ4v) is 6.74. The summed E-state index contributed by atoms with van der Waals surface area (Å²) in [5.41, 5.74) is 1.56. The molecule has 2 atom stereocenters. The third-order valence-electron chi connectivity index (χ3n) is 5.74. The predicted octanol–water partition coefficient (Wildman–Crippen LogP) is 3.81. The van der Waals surface area contributed by atoms with Gasteiger partial charge in [0, 0.05) is 22.0 Å². The third-order valence-corrected chi connectivity index (χ3v) is 8.37. The van der Waals surface area contributed by atoms with E-state index in [4.69, 9.17) is 4.74 Å². The van der Waals surface area contributed by atoms with Gasteiger partial charge in [0.2, 0.25) is 5.91 Å². The van der Waals surface area contributed by atoms with Crippen LogP contribution in [-0.4, -0.2) is 46.0 Å². The van der Waals surface area contributed by atoms with Crippen LogP contribution in [0.3, 0.4) is 0 Å². The van der Waals surface area contributed by atoms with Crippen LogP contribution in [0.25, 0.3) is 0 Å². The van der Waals surface area contributed by atoms with Crippen LogP contribution in [0.1, 0.15) is 19.8 Å². The minimum absolute atomic E-state index is 0.0216. The Morgan fingerprint density at radius 1 is 1.10 bits per heavy atom. The van der Waals surface area contributed by atoms with E-state index in [1.807, 2.05) is 55.5 Å². The Labute approximate surface area is 182 Å². The molecule has 0 saturated carbocycles. The van der Waals surface area contributed by atoms with Gasteiger partial charge < -0.3 is 9.64 Å². The van der Waals surface area contributed by atoms with Gasteiger partial charge in [0.05, 0.1) is 16.2 Å². The van der Waals surface area contributed by atoms with E-state index in [1.165, 1.54) is 0 Å². The molecule has 3 heterocycles. The molecule has 3 aliphatic rings. The lowest BCUT2D eigenvalue weighted by molar-refractivity contribution is -0.155. The van der Waals surface area contributed by atoms with Crippen molar-refractivity contribution in [1.29, 1.82) is 0 Å². The Kier molecular flexibility index (Phi) is 4.78. The Morgan fingerprint density at radius 2 is 1.73 bits per heavy atom. The molecule has 2 amide bonds. The molecule has 3 aliphatic heterocycles. The fourth-order valence-electron chi connectivity index (χ4n) is 4.26. The number of ether oxygens (including phenoxy) is 1. The molecule has 0 N–H and O–H groups in total. The van der Waals surface area contributed by atoms with Crippen molar-refractivity contribution in [3.8, 4) is 0 Å². The number of hydrogen-bond acceptors (Lipinski definition) is 6. The lowest BCUT2D eigenvalue weighted by Gasteiger charge is -2.31. The molecule has 2 aromatic carbocycles. The highest BCUT2D eigenvalue weighted by molar-refractivity contribution is 8.01. The molecule has 2 aromatic rings. The van der Waals surface area contributed by atoms with E-state index in [2.05, 4.69) is 0 Å². The van der Waals surface area contributed by atoms with E-state index in [1.54, 1.807) is 33.3 Å². The first kappa shape index (κ1) is 19.5. The third kappa shape index (κ3) is 3.09. The number of carbonyl (C=O) groups excluding carboxylic acids is 3. The quantitative estimate of drug-likeness (QED) is 0.676. The number of rotatable bonds is 3. The van der Waals surface area contributed by atoms with Gasteiger partial charge in [-0.05, 0) is 37.6 Å². The first-order chi connectivity index (χ1) is 14.5.